The molecule has 21 heavy (non-hydrogen) atoms. The molecule has 0 fully saturated rings. The van der Waals surface area contributed by atoms with Crippen LogP contribution < -0.4 is 4.74 Å². The Balaban J connectivity index is 2.04. The minimum atomic E-state index is -0.256. The average molecular weight is 351 g/mol. The maximum Gasteiger partial charge on any atom is 0.130 e. The Morgan fingerprint density at radius 2 is 1.76 bits per heavy atom. The van der Waals surface area contributed by atoms with Gasteiger partial charge in [0, 0.05) is 10.0 Å². The van der Waals surface area contributed by atoms with Crippen LogP contribution in [0, 0.1) is 5.82 Å². The highest BCUT2D eigenvalue weighted by atomic mass is 79.9. The third kappa shape index (κ3) is 4.07. The van der Waals surface area contributed by atoms with E-state index in [4.69, 9.17) is 4.74 Å². The highest BCUT2D eigenvalue weighted by molar-refractivity contribution is 9.10. The zero-order valence-electron chi connectivity index (χ0n) is 12.6. The van der Waals surface area contributed by atoms with E-state index in [1.165, 1.54) is 11.6 Å². The molecule has 2 aromatic carbocycles. The maximum absolute atomic E-state index is 13.7. The number of benzene rings is 2. The molecule has 2 aromatic rings. The van der Waals surface area contributed by atoms with Gasteiger partial charge in [0.15, 0.2) is 0 Å². The molecule has 0 radical (unpaired) electrons. The Labute approximate surface area is 134 Å². The van der Waals surface area contributed by atoms with Crippen LogP contribution in [0.25, 0.3) is 0 Å². The summed E-state index contributed by atoms with van der Waals surface area (Å²) in [6.07, 6.45) is 1.08. The lowest BCUT2D eigenvalue weighted by molar-refractivity contribution is 0.299. The maximum atomic E-state index is 13.7. The molecule has 0 aliphatic rings. The highest BCUT2D eigenvalue weighted by Gasteiger charge is 2.17. The summed E-state index contributed by atoms with van der Waals surface area (Å²) in [5.74, 6) is 0.501. The van der Waals surface area contributed by atoms with Crippen molar-refractivity contribution in [1.29, 1.82) is 0 Å². The summed E-state index contributed by atoms with van der Waals surface area (Å²) in [6.45, 7) is 6.86. The van der Waals surface area contributed by atoms with Gasteiger partial charge in [0.05, 0.1) is 0 Å². The fraction of sp³-hybridized carbons (Fsp3) is 0.333. The van der Waals surface area contributed by atoms with Gasteiger partial charge >= 0.3 is 0 Å². The smallest absolute Gasteiger partial charge is 0.130 e. The third-order valence-electron chi connectivity index (χ3n) is 3.93. The number of hydrogen-bond acceptors (Lipinski definition) is 1. The van der Waals surface area contributed by atoms with Crippen molar-refractivity contribution in [3.63, 3.8) is 0 Å². The number of halogens is 2. The average Bonchev–Trinajstić information content (AvgIpc) is 2.47. The van der Waals surface area contributed by atoms with Crippen LogP contribution in [-0.2, 0) is 12.0 Å². The quantitative estimate of drug-likeness (QED) is 0.656. The fourth-order valence-electron chi connectivity index (χ4n) is 2.01. The lowest BCUT2D eigenvalue weighted by atomic mass is 9.82. The summed E-state index contributed by atoms with van der Waals surface area (Å²) in [5, 5.41) is 0. The first-order chi connectivity index (χ1) is 9.92. The van der Waals surface area contributed by atoms with Crippen molar-refractivity contribution in [3.8, 4) is 5.75 Å². The topological polar surface area (TPSA) is 9.23 Å². The molecule has 0 bridgehead atoms. The summed E-state index contributed by atoms with van der Waals surface area (Å²) >= 11 is 3.24. The second-order valence-electron chi connectivity index (χ2n) is 5.79. The molecule has 0 aromatic heterocycles. The SMILES string of the molecule is CCC(C)(C)c1ccc(OCc2ccc(Br)cc2F)cc1. The van der Waals surface area contributed by atoms with Gasteiger partial charge in [-0.15, -0.1) is 0 Å². The Morgan fingerprint density at radius 1 is 1.10 bits per heavy atom. The van der Waals surface area contributed by atoms with Crippen molar-refractivity contribution in [2.75, 3.05) is 0 Å². The molecule has 0 spiro atoms. The van der Waals surface area contributed by atoms with Gasteiger partial charge < -0.3 is 4.74 Å². The van der Waals surface area contributed by atoms with Crippen LogP contribution in [0.5, 0.6) is 5.75 Å². The van der Waals surface area contributed by atoms with E-state index >= 15 is 0 Å². The van der Waals surface area contributed by atoms with Crippen molar-refractivity contribution >= 4 is 15.9 Å². The minimum Gasteiger partial charge on any atom is -0.489 e. The van der Waals surface area contributed by atoms with Crippen LogP contribution in [0.4, 0.5) is 4.39 Å². The zero-order valence-corrected chi connectivity index (χ0v) is 14.2. The molecule has 0 saturated carbocycles. The Hall–Kier alpha value is -1.35. The molecule has 1 nitrogen and oxygen atoms in total. The van der Waals surface area contributed by atoms with E-state index in [-0.39, 0.29) is 17.8 Å². The Kier molecular flexibility index (Phi) is 5.04. The van der Waals surface area contributed by atoms with Gasteiger partial charge in [-0.3, -0.25) is 0 Å². The molecule has 0 unspecified atom stereocenters. The van der Waals surface area contributed by atoms with Gasteiger partial charge in [-0.05, 0) is 41.7 Å². The molecular formula is C18H20BrFO. The van der Waals surface area contributed by atoms with Crippen LogP contribution in [0.15, 0.2) is 46.9 Å². The van der Waals surface area contributed by atoms with E-state index in [0.29, 0.717) is 5.56 Å². The van der Waals surface area contributed by atoms with Gasteiger partial charge in [-0.25, -0.2) is 4.39 Å². The number of ether oxygens (including phenoxy) is 1. The van der Waals surface area contributed by atoms with Crippen LogP contribution in [-0.4, -0.2) is 0 Å². The zero-order chi connectivity index (χ0) is 15.5. The first-order valence-corrected chi connectivity index (χ1v) is 7.89. The summed E-state index contributed by atoms with van der Waals surface area (Å²) in [4.78, 5) is 0. The van der Waals surface area contributed by atoms with Gasteiger partial charge in [0.25, 0.3) is 0 Å². The van der Waals surface area contributed by atoms with Crippen molar-refractivity contribution in [1.82, 2.24) is 0 Å². The van der Waals surface area contributed by atoms with Crippen molar-refractivity contribution in [2.45, 2.75) is 39.2 Å². The Bertz CT molecular complexity index is 605. The van der Waals surface area contributed by atoms with E-state index in [1.54, 1.807) is 6.07 Å². The second kappa shape index (κ2) is 6.61. The molecule has 0 N–H and O–H groups in total. The molecule has 3 heteroatoms. The predicted octanol–water partition coefficient (Wildman–Crippen LogP) is 5.85. The molecule has 0 aliphatic heterocycles. The van der Waals surface area contributed by atoms with E-state index in [0.717, 1.165) is 16.6 Å². The monoisotopic (exact) mass is 350 g/mol. The molecule has 112 valence electrons. The normalized spacial score (nSPS) is 11.5. The molecule has 0 aliphatic carbocycles. The van der Waals surface area contributed by atoms with Gasteiger partial charge in [-0.2, -0.15) is 0 Å². The van der Waals surface area contributed by atoms with Gasteiger partial charge in [0.1, 0.15) is 18.2 Å². The van der Waals surface area contributed by atoms with E-state index in [2.05, 4.69) is 48.8 Å². The van der Waals surface area contributed by atoms with Crippen molar-refractivity contribution in [2.24, 2.45) is 0 Å². The summed E-state index contributed by atoms with van der Waals surface area (Å²) in [6, 6.07) is 13.1. The van der Waals surface area contributed by atoms with Crippen molar-refractivity contribution in [3.05, 3.63) is 63.9 Å². The lowest BCUT2D eigenvalue weighted by Gasteiger charge is -2.23. The predicted molar refractivity (Wildman–Crippen MR) is 88.2 cm³/mol. The molecule has 0 saturated heterocycles. The summed E-state index contributed by atoms with van der Waals surface area (Å²) in [5.41, 5.74) is 2.00. The van der Waals surface area contributed by atoms with Gasteiger partial charge in [-0.1, -0.05) is 54.9 Å². The van der Waals surface area contributed by atoms with Gasteiger partial charge in [0.2, 0.25) is 0 Å². The Morgan fingerprint density at radius 3 is 2.33 bits per heavy atom. The van der Waals surface area contributed by atoms with Crippen LogP contribution >= 0.6 is 15.9 Å². The van der Waals surface area contributed by atoms with E-state index < -0.39 is 0 Å². The van der Waals surface area contributed by atoms with Crippen LogP contribution in [0.2, 0.25) is 0 Å². The molecule has 2 rings (SSSR count). The second-order valence-corrected chi connectivity index (χ2v) is 6.70. The summed E-state index contributed by atoms with van der Waals surface area (Å²) in [7, 11) is 0. The number of rotatable bonds is 5. The van der Waals surface area contributed by atoms with Crippen molar-refractivity contribution < 1.29 is 9.13 Å². The summed E-state index contributed by atoms with van der Waals surface area (Å²) < 4.78 is 20.1. The highest BCUT2D eigenvalue weighted by Crippen LogP contribution is 2.28. The molecule has 0 atom stereocenters. The van der Waals surface area contributed by atoms with E-state index in [9.17, 15) is 4.39 Å². The molecule has 0 amide bonds. The first-order valence-electron chi connectivity index (χ1n) is 7.09. The number of hydrogen-bond donors (Lipinski definition) is 0. The largest absolute Gasteiger partial charge is 0.489 e. The minimum absolute atomic E-state index is 0.163. The third-order valence-corrected chi connectivity index (χ3v) is 4.42. The van der Waals surface area contributed by atoms with E-state index in [1.807, 2.05) is 18.2 Å². The lowest BCUT2D eigenvalue weighted by Crippen LogP contribution is -2.15. The fourth-order valence-corrected chi connectivity index (χ4v) is 2.34. The molecular weight excluding hydrogens is 331 g/mol. The van der Waals surface area contributed by atoms with Crippen LogP contribution in [0.3, 0.4) is 0 Å². The molecule has 0 heterocycles. The standard InChI is InChI=1S/C18H20BrFO/c1-4-18(2,3)14-6-9-16(10-7-14)21-12-13-5-8-15(19)11-17(13)20/h5-11H,4,12H2,1-3H3. The first kappa shape index (κ1) is 16.0. The van der Waals surface area contributed by atoms with Crippen LogP contribution in [0.1, 0.15) is 38.3 Å².